The Morgan fingerprint density at radius 1 is 0.290 bits per heavy atom. The number of hydrogen-bond acceptors (Lipinski definition) is 5. The average Bonchev–Trinajstić information content (AvgIpc) is 3.69. The van der Waals surface area contributed by atoms with E-state index in [9.17, 15) is 0 Å². The van der Waals surface area contributed by atoms with Crippen molar-refractivity contribution in [3.8, 4) is 78.9 Å². The molecule has 12 rings (SSSR count). The van der Waals surface area contributed by atoms with Gasteiger partial charge in [0.2, 0.25) is 0 Å². The molecule has 0 N–H and O–H groups in total. The smallest absolute Gasteiger partial charge is 0.164 e. The first-order chi connectivity index (χ1) is 30.2. The number of pyridine rings is 2. The minimum atomic E-state index is -0.112. The number of fused-ring (bicyclic) bond motifs is 8. The van der Waals surface area contributed by atoms with Crippen LogP contribution in [0.1, 0.15) is 49.9 Å². The van der Waals surface area contributed by atoms with Gasteiger partial charge in [0.25, 0.3) is 0 Å². The molecule has 2 aliphatic rings. The minimum absolute atomic E-state index is 0.112. The fraction of sp³-hybridized carbons (Fsp3) is 0.105. The predicted molar refractivity (Wildman–Crippen MR) is 253 cm³/mol. The molecule has 0 unspecified atom stereocenters. The number of nitrogens with zero attached hydrogens (tertiary/aromatic N) is 5. The highest BCUT2D eigenvalue weighted by atomic mass is 15.0. The summed E-state index contributed by atoms with van der Waals surface area (Å²) in [5.41, 5.74) is 18.3. The molecule has 5 nitrogen and oxygen atoms in total. The number of benzene rings is 7. The first kappa shape index (κ1) is 36.2. The van der Waals surface area contributed by atoms with Gasteiger partial charge in [0, 0.05) is 49.4 Å². The molecule has 5 heteroatoms. The van der Waals surface area contributed by atoms with Gasteiger partial charge >= 0.3 is 0 Å². The van der Waals surface area contributed by atoms with Crippen LogP contribution in [0.3, 0.4) is 0 Å². The highest BCUT2D eigenvalue weighted by Crippen LogP contribution is 2.51. The fourth-order valence-electron chi connectivity index (χ4n) is 9.99. The molecule has 0 amide bonds. The van der Waals surface area contributed by atoms with Crippen molar-refractivity contribution in [2.45, 2.75) is 38.5 Å². The molecule has 10 aromatic rings. The molecule has 2 aliphatic carbocycles. The minimum Gasteiger partial charge on any atom is -0.248 e. The van der Waals surface area contributed by atoms with Crippen LogP contribution in [0.25, 0.3) is 101 Å². The van der Waals surface area contributed by atoms with E-state index in [1.54, 1.807) is 0 Å². The van der Waals surface area contributed by atoms with Gasteiger partial charge in [-0.05, 0) is 99.1 Å². The quantitative estimate of drug-likeness (QED) is 0.174. The van der Waals surface area contributed by atoms with Crippen molar-refractivity contribution in [2.24, 2.45) is 0 Å². The zero-order chi connectivity index (χ0) is 41.7. The van der Waals surface area contributed by atoms with Gasteiger partial charge in [-0.15, -0.1) is 0 Å². The second kappa shape index (κ2) is 13.4. The van der Waals surface area contributed by atoms with Crippen molar-refractivity contribution in [3.63, 3.8) is 0 Å². The normalized spacial score (nSPS) is 14.1. The number of aromatic nitrogens is 5. The van der Waals surface area contributed by atoms with Crippen LogP contribution in [0, 0.1) is 0 Å². The molecule has 7 aromatic carbocycles. The van der Waals surface area contributed by atoms with Crippen LogP contribution in [0.15, 0.2) is 176 Å². The monoisotopic (exact) mass is 795 g/mol. The average molecular weight is 796 g/mol. The Morgan fingerprint density at radius 2 is 0.677 bits per heavy atom. The molecule has 0 bridgehead atoms. The molecule has 0 aliphatic heterocycles. The van der Waals surface area contributed by atoms with Crippen molar-refractivity contribution >= 4 is 21.8 Å². The van der Waals surface area contributed by atoms with Crippen LogP contribution in [0.2, 0.25) is 0 Å². The summed E-state index contributed by atoms with van der Waals surface area (Å²) >= 11 is 0. The molecule has 0 atom stereocenters. The lowest BCUT2D eigenvalue weighted by molar-refractivity contribution is 0.660. The Morgan fingerprint density at radius 3 is 1.16 bits per heavy atom. The SMILES string of the molecule is CC1(C)c2ccccc2-c2cc(-c3nc(-c4cc(-c5ccc6ccccc6n5)cc(-c5ccc6ccccc6n5)c4)nc(-c4ccc5c(c4)-c4ccccc4C5(C)C)n3)ccc21. The summed E-state index contributed by atoms with van der Waals surface area (Å²) in [5.74, 6) is 1.82. The number of hydrogen-bond donors (Lipinski definition) is 0. The molecule has 0 fully saturated rings. The maximum absolute atomic E-state index is 5.36. The molecular weight excluding hydrogens is 755 g/mol. The van der Waals surface area contributed by atoms with Crippen LogP contribution in [-0.2, 0) is 10.8 Å². The van der Waals surface area contributed by atoms with Gasteiger partial charge < -0.3 is 0 Å². The van der Waals surface area contributed by atoms with Gasteiger partial charge in [-0.3, -0.25) is 0 Å². The van der Waals surface area contributed by atoms with Crippen LogP contribution < -0.4 is 0 Å². The summed E-state index contributed by atoms with van der Waals surface area (Å²) in [7, 11) is 0. The lowest BCUT2D eigenvalue weighted by atomic mass is 9.82. The van der Waals surface area contributed by atoms with E-state index in [0.717, 1.165) is 61.0 Å². The van der Waals surface area contributed by atoms with Crippen molar-refractivity contribution in [3.05, 3.63) is 198 Å². The third-order valence-electron chi connectivity index (χ3n) is 13.3. The topological polar surface area (TPSA) is 64.5 Å². The maximum Gasteiger partial charge on any atom is 0.164 e. The van der Waals surface area contributed by atoms with E-state index in [-0.39, 0.29) is 10.8 Å². The lowest BCUT2D eigenvalue weighted by Crippen LogP contribution is -2.14. The molecule has 3 aromatic heterocycles. The highest BCUT2D eigenvalue weighted by molar-refractivity contribution is 5.88. The Bertz CT molecular complexity index is 3270. The summed E-state index contributed by atoms with van der Waals surface area (Å²) in [4.78, 5) is 26.3. The molecule has 0 saturated carbocycles. The van der Waals surface area contributed by atoms with E-state index < -0.39 is 0 Å². The second-order valence-corrected chi connectivity index (χ2v) is 17.7. The van der Waals surface area contributed by atoms with E-state index in [4.69, 9.17) is 24.9 Å². The van der Waals surface area contributed by atoms with E-state index in [1.165, 1.54) is 44.5 Å². The molecule has 0 radical (unpaired) electrons. The predicted octanol–water partition coefficient (Wildman–Crippen LogP) is 13.9. The van der Waals surface area contributed by atoms with Gasteiger partial charge in [0.15, 0.2) is 17.5 Å². The van der Waals surface area contributed by atoms with Gasteiger partial charge in [-0.25, -0.2) is 24.9 Å². The van der Waals surface area contributed by atoms with Gasteiger partial charge in [0.05, 0.1) is 22.4 Å². The Kier molecular flexibility index (Phi) is 7.85. The summed E-state index contributed by atoms with van der Waals surface area (Å²) in [5, 5.41) is 2.19. The fourth-order valence-corrected chi connectivity index (χ4v) is 9.99. The highest BCUT2D eigenvalue weighted by Gasteiger charge is 2.37. The standard InChI is InChI=1S/C57H41N5/c1-56(2)45-17-9-7-15-41(45)43-32-36(21-25-47(43)56)53-60-54(37-22-26-48-44(33-37)42-16-8-10-18-46(42)57(48,3)4)62-55(61-53)40-30-38(51-27-23-34-13-5-11-19-49(34)58-51)29-39(31-40)52-28-24-35-14-6-12-20-50(35)59-52/h5-33H,1-4H3. The zero-order valence-corrected chi connectivity index (χ0v) is 35.0. The van der Waals surface area contributed by atoms with E-state index >= 15 is 0 Å². The van der Waals surface area contributed by atoms with Crippen molar-refractivity contribution in [1.82, 2.24) is 24.9 Å². The van der Waals surface area contributed by atoms with E-state index in [2.05, 4.69) is 179 Å². The van der Waals surface area contributed by atoms with Crippen molar-refractivity contribution < 1.29 is 0 Å². The third kappa shape index (κ3) is 5.65. The van der Waals surface area contributed by atoms with Crippen LogP contribution in [-0.4, -0.2) is 24.9 Å². The molecule has 3 heterocycles. The zero-order valence-electron chi connectivity index (χ0n) is 35.0. The summed E-state index contributed by atoms with van der Waals surface area (Å²) in [6, 6.07) is 62.3. The number of rotatable bonds is 5. The summed E-state index contributed by atoms with van der Waals surface area (Å²) in [6.45, 7) is 9.23. The first-order valence-electron chi connectivity index (χ1n) is 21.3. The number of para-hydroxylation sites is 2. The molecule has 0 spiro atoms. The lowest BCUT2D eigenvalue weighted by Gasteiger charge is -2.21. The summed E-state index contributed by atoms with van der Waals surface area (Å²) < 4.78 is 0. The van der Waals surface area contributed by atoms with Gasteiger partial charge in [-0.2, -0.15) is 0 Å². The summed E-state index contributed by atoms with van der Waals surface area (Å²) in [6.07, 6.45) is 0. The largest absolute Gasteiger partial charge is 0.248 e. The van der Waals surface area contributed by atoms with Gasteiger partial charge in [-0.1, -0.05) is 149 Å². The Hall–Kier alpha value is -7.63. The van der Waals surface area contributed by atoms with Crippen LogP contribution in [0.4, 0.5) is 0 Å². The first-order valence-corrected chi connectivity index (χ1v) is 21.3. The van der Waals surface area contributed by atoms with E-state index in [1.807, 2.05) is 24.3 Å². The van der Waals surface area contributed by atoms with E-state index in [0.29, 0.717) is 17.5 Å². The molecular formula is C57H41N5. The van der Waals surface area contributed by atoms with Crippen LogP contribution in [0.5, 0.6) is 0 Å². The molecule has 62 heavy (non-hydrogen) atoms. The van der Waals surface area contributed by atoms with Crippen molar-refractivity contribution in [1.29, 1.82) is 0 Å². The maximum atomic E-state index is 5.36. The molecule has 0 saturated heterocycles. The third-order valence-corrected chi connectivity index (χ3v) is 13.3. The molecule has 294 valence electrons. The Labute approximate surface area is 360 Å². The van der Waals surface area contributed by atoms with Crippen molar-refractivity contribution in [2.75, 3.05) is 0 Å². The van der Waals surface area contributed by atoms with Gasteiger partial charge in [0.1, 0.15) is 0 Å². The Balaban J connectivity index is 1.09. The second-order valence-electron chi connectivity index (χ2n) is 17.7. The van der Waals surface area contributed by atoms with Crippen LogP contribution >= 0.6 is 0 Å².